The summed E-state index contributed by atoms with van der Waals surface area (Å²) in [6.45, 7) is 2.58. The lowest BCUT2D eigenvalue weighted by molar-refractivity contribution is -0.134. The number of sulfonamides is 1. The first-order chi connectivity index (χ1) is 11.2. The minimum atomic E-state index is -3.89. The van der Waals surface area contributed by atoms with Crippen LogP contribution in [0.4, 0.5) is 4.79 Å². The van der Waals surface area contributed by atoms with Gasteiger partial charge in [0.2, 0.25) is 5.91 Å². The highest BCUT2D eigenvalue weighted by Gasteiger charge is 2.30. The van der Waals surface area contributed by atoms with Crippen LogP contribution < -0.4 is 4.72 Å². The minimum Gasteiger partial charge on any atom is -0.349 e. The van der Waals surface area contributed by atoms with E-state index in [-0.39, 0.29) is 16.7 Å². The molecule has 1 aliphatic rings. The number of amides is 3. The van der Waals surface area contributed by atoms with Crippen LogP contribution in [0.15, 0.2) is 29.2 Å². The van der Waals surface area contributed by atoms with Gasteiger partial charge in [-0.15, -0.1) is 0 Å². The maximum atomic E-state index is 12.2. The second kappa shape index (κ2) is 7.21. The highest BCUT2D eigenvalue weighted by molar-refractivity contribution is 7.90. The molecule has 0 saturated carbocycles. The molecule has 3 amide bonds. The molecule has 0 bridgehead atoms. The standard InChI is InChI=1S/C16H23N3O4S/c1-12-4-6-14(7-5-12)24(22,23)17-16(21)19-10-8-13(9-11-19)15(20)18(2)3/h4-7,13H,8-11H2,1-3H3,(H,17,21). The molecule has 1 N–H and O–H groups in total. The Kier molecular flexibility index (Phi) is 5.48. The van der Waals surface area contributed by atoms with Gasteiger partial charge in [0, 0.05) is 33.1 Å². The molecule has 1 aromatic rings. The molecule has 1 aliphatic heterocycles. The molecule has 0 spiro atoms. The molecule has 0 aliphatic carbocycles. The number of nitrogens with one attached hydrogen (secondary N) is 1. The maximum absolute atomic E-state index is 12.2. The molecule has 0 atom stereocenters. The first kappa shape index (κ1) is 18.3. The lowest BCUT2D eigenvalue weighted by Crippen LogP contribution is -2.48. The molecule has 24 heavy (non-hydrogen) atoms. The summed E-state index contributed by atoms with van der Waals surface area (Å²) < 4.78 is 26.6. The van der Waals surface area contributed by atoms with Gasteiger partial charge in [0.25, 0.3) is 10.0 Å². The topological polar surface area (TPSA) is 86.8 Å². The van der Waals surface area contributed by atoms with Gasteiger partial charge in [-0.3, -0.25) is 4.79 Å². The van der Waals surface area contributed by atoms with E-state index in [0.29, 0.717) is 25.9 Å². The molecular formula is C16H23N3O4S. The number of hydrogen-bond acceptors (Lipinski definition) is 4. The Morgan fingerprint density at radius 1 is 1.12 bits per heavy atom. The van der Waals surface area contributed by atoms with E-state index in [1.807, 2.05) is 6.92 Å². The van der Waals surface area contributed by atoms with Crippen LogP contribution in [0.25, 0.3) is 0 Å². The molecule has 8 heteroatoms. The summed E-state index contributed by atoms with van der Waals surface area (Å²) in [5, 5.41) is 0. The van der Waals surface area contributed by atoms with Crippen LogP contribution in [0, 0.1) is 12.8 Å². The minimum absolute atomic E-state index is 0.0438. The highest BCUT2D eigenvalue weighted by Crippen LogP contribution is 2.19. The van der Waals surface area contributed by atoms with Crippen LogP contribution in [-0.2, 0) is 14.8 Å². The monoisotopic (exact) mass is 353 g/mol. The number of likely N-dealkylation sites (tertiary alicyclic amines) is 1. The van der Waals surface area contributed by atoms with E-state index >= 15 is 0 Å². The highest BCUT2D eigenvalue weighted by atomic mass is 32.2. The third kappa shape index (κ3) is 4.25. The number of nitrogens with zero attached hydrogens (tertiary/aromatic N) is 2. The van der Waals surface area contributed by atoms with Crippen molar-refractivity contribution >= 4 is 22.0 Å². The second-order valence-electron chi connectivity index (χ2n) is 6.22. The van der Waals surface area contributed by atoms with Crippen LogP contribution in [-0.4, -0.2) is 57.3 Å². The van der Waals surface area contributed by atoms with Crippen molar-refractivity contribution in [3.8, 4) is 0 Å². The first-order valence-electron chi connectivity index (χ1n) is 7.80. The van der Waals surface area contributed by atoms with E-state index in [0.717, 1.165) is 5.56 Å². The predicted molar refractivity (Wildman–Crippen MR) is 89.9 cm³/mol. The average molecular weight is 353 g/mol. The SMILES string of the molecule is Cc1ccc(S(=O)(=O)NC(=O)N2CCC(C(=O)N(C)C)CC2)cc1. The third-order valence-electron chi connectivity index (χ3n) is 4.13. The predicted octanol–water partition coefficient (Wildman–Crippen LogP) is 1.19. The van der Waals surface area contributed by atoms with Gasteiger partial charge in [-0.05, 0) is 31.9 Å². The fourth-order valence-corrected chi connectivity index (χ4v) is 3.62. The third-order valence-corrected chi connectivity index (χ3v) is 5.46. The zero-order chi connectivity index (χ0) is 17.9. The number of urea groups is 1. The van der Waals surface area contributed by atoms with Gasteiger partial charge >= 0.3 is 6.03 Å². The molecule has 0 unspecified atom stereocenters. The lowest BCUT2D eigenvalue weighted by Gasteiger charge is -2.32. The largest absolute Gasteiger partial charge is 0.349 e. The van der Waals surface area contributed by atoms with E-state index in [1.54, 1.807) is 31.1 Å². The van der Waals surface area contributed by atoms with E-state index in [9.17, 15) is 18.0 Å². The lowest BCUT2D eigenvalue weighted by atomic mass is 9.96. The maximum Gasteiger partial charge on any atom is 0.331 e. The number of carbonyl (C=O) groups excluding carboxylic acids is 2. The summed E-state index contributed by atoms with van der Waals surface area (Å²) >= 11 is 0. The Labute approximate surface area is 142 Å². The zero-order valence-corrected chi connectivity index (χ0v) is 15.0. The van der Waals surface area contributed by atoms with Crippen molar-refractivity contribution < 1.29 is 18.0 Å². The van der Waals surface area contributed by atoms with E-state index < -0.39 is 16.1 Å². The molecular weight excluding hydrogens is 330 g/mol. The number of aryl methyl sites for hydroxylation is 1. The normalized spacial score (nSPS) is 15.9. The Bertz CT molecular complexity index is 705. The molecule has 2 rings (SSSR count). The van der Waals surface area contributed by atoms with Gasteiger partial charge in [0.1, 0.15) is 0 Å². The molecule has 1 aromatic carbocycles. The Morgan fingerprint density at radius 2 is 1.67 bits per heavy atom. The number of benzene rings is 1. The van der Waals surface area contributed by atoms with Crippen molar-refractivity contribution in [3.05, 3.63) is 29.8 Å². The zero-order valence-electron chi connectivity index (χ0n) is 14.2. The van der Waals surface area contributed by atoms with E-state index in [1.165, 1.54) is 17.0 Å². The summed E-state index contributed by atoms with van der Waals surface area (Å²) in [5.74, 6) is -0.0694. The van der Waals surface area contributed by atoms with Gasteiger partial charge in [-0.25, -0.2) is 17.9 Å². The molecule has 0 aromatic heterocycles. The molecule has 132 valence electrons. The summed E-state index contributed by atoms with van der Waals surface area (Å²) in [6, 6.07) is 5.64. The Morgan fingerprint density at radius 3 is 2.17 bits per heavy atom. The average Bonchev–Trinajstić information content (AvgIpc) is 2.54. The van der Waals surface area contributed by atoms with Crippen LogP contribution in [0.2, 0.25) is 0 Å². The van der Waals surface area contributed by atoms with Crippen molar-refractivity contribution in [2.24, 2.45) is 5.92 Å². The van der Waals surface area contributed by atoms with Crippen LogP contribution in [0.1, 0.15) is 18.4 Å². The Hall–Kier alpha value is -2.09. The number of piperidine rings is 1. The second-order valence-corrected chi connectivity index (χ2v) is 7.90. The first-order valence-corrected chi connectivity index (χ1v) is 9.28. The van der Waals surface area contributed by atoms with Crippen LogP contribution in [0.3, 0.4) is 0 Å². The van der Waals surface area contributed by atoms with Gasteiger partial charge in [-0.1, -0.05) is 17.7 Å². The molecule has 0 radical (unpaired) electrons. The number of carbonyl (C=O) groups is 2. The van der Waals surface area contributed by atoms with Gasteiger partial charge in [-0.2, -0.15) is 0 Å². The smallest absolute Gasteiger partial charge is 0.331 e. The van der Waals surface area contributed by atoms with Gasteiger partial charge in [0.05, 0.1) is 4.90 Å². The van der Waals surface area contributed by atoms with Crippen molar-refractivity contribution in [2.75, 3.05) is 27.2 Å². The van der Waals surface area contributed by atoms with E-state index in [2.05, 4.69) is 4.72 Å². The molecule has 1 heterocycles. The summed E-state index contributed by atoms with van der Waals surface area (Å²) in [4.78, 5) is 27.2. The van der Waals surface area contributed by atoms with Crippen molar-refractivity contribution in [1.82, 2.24) is 14.5 Å². The van der Waals surface area contributed by atoms with Crippen LogP contribution in [0.5, 0.6) is 0 Å². The van der Waals surface area contributed by atoms with Crippen molar-refractivity contribution in [2.45, 2.75) is 24.7 Å². The summed E-state index contributed by atoms with van der Waals surface area (Å²) in [6.07, 6.45) is 1.07. The van der Waals surface area contributed by atoms with Crippen LogP contribution >= 0.6 is 0 Å². The molecule has 1 fully saturated rings. The summed E-state index contributed by atoms with van der Waals surface area (Å²) in [7, 11) is -0.477. The fourth-order valence-electron chi connectivity index (χ4n) is 2.65. The Balaban J connectivity index is 1.96. The number of rotatable bonds is 3. The quantitative estimate of drug-likeness (QED) is 0.884. The molecule has 1 saturated heterocycles. The summed E-state index contributed by atoms with van der Waals surface area (Å²) in [5.41, 5.74) is 0.938. The molecule has 7 nitrogen and oxygen atoms in total. The van der Waals surface area contributed by atoms with Crippen molar-refractivity contribution in [1.29, 1.82) is 0 Å². The van der Waals surface area contributed by atoms with Gasteiger partial charge < -0.3 is 9.80 Å². The fraction of sp³-hybridized carbons (Fsp3) is 0.500. The van der Waals surface area contributed by atoms with Crippen molar-refractivity contribution in [3.63, 3.8) is 0 Å². The number of hydrogen-bond donors (Lipinski definition) is 1. The van der Waals surface area contributed by atoms with E-state index in [4.69, 9.17) is 0 Å². The van der Waals surface area contributed by atoms with Gasteiger partial charge in [0.15, 0.2) is 0 Å².